The second kappa shape index (κ2) is 7.51. The third-order valence-electron chi connectivity index (χ3n) is 3.46. The third kappa shape index (κ3) is 3.93. The summed E-state index contributed by atoms with van der Waals surface area (Å²) in [7, 11) is 2.00. The summed E-state index contributed by atoms with van der Waals surface area (Å²) in [6.07, 6.45) is 3.62. The van der Waals surface area contributed by atoms with Gasteiger partial charge in [0.2, 0.25) is 0 Å². The minimum absolute atomic E-state index is 0.180. The number of hydrogen-bond acceptors (Lipinski definition) is 3. The van der Waals surface area contributed by atoms with Gasteiger partial charge >= 0.3 is 0 Å². The molecule has 0 amide bonds. The van der Waals surface area contributed by atoms with Crippen molar-refractivity contribution in [3.63, 3.8) is 0 Å². The summed E-state index contributed by atoms with van der Waals surface area (Å²) in [6.45, 7) is 5.13. The molecule has 1 atom stereocenters. The summed E-state index contributed by atoms with van der Waals surface area (Å²) in [6, 6.07) is 4.27. The molecule has 1 unspecified atom stereocenters. The molecule has 114 valence electrons. The monoisotopic (exact) mass is 414 g/mol. The van der Waals surface area contributed by atoms with Gasteiger partial charge in [-0.25, -0.2) is 0 Å². The molecule has 0 spiro atoms. The van der Waals surface area contributed by atoms with Crippen molar-refractivity contribution in [2.45, 2.75) is 32.7 Å². The Kier molecular flexibility index (Phi) is 5.96. The molecule has 0 saturated carbocycles. The number of nitrogens with one attached hydrogen (secondary N) is 1. The minimum atomic E-state index is 0.180. The number of nitrogens with zero attached hydrogens (tertiary/aromatic N) is 3. The fourth-order valence-electron chi connectivity index (χ4n) is 2.36. The normalized spacial score (nSPS) is 12.6. The molecule has 0 fully saturated rings. The molecule has 0 bridgehead atoms. The number of pyridine rings is 1. The van der Waals surface area contributed by atoms with Crippen molar-refractivity contribution in [3.8, 4) is 0 Å². The van der Waals surface area contributed by atoms with Crippen LogP contribution < -0.4 is 5.32 Å². The molecule has 2 rings (SSSR count). The van der Waals surface area contributed by atoms with Gasteiger partial charge in [-0.05, 0) is 57.0 Å². The fraction of sp³-hybridized carbons (Fsp3) is 0.467. The van der Waals surface area contributed by atoms with E-state index in [1.54, 1.807) is 0 Å². The summed E-state index contributed by atoms with van der Waals surface area (Å²) in [5.41, 5.74) is 3.35. The average molecular weight is 416 g/mol. The van der Waals surface area contributed by atoms with E-state index < -0.39 is 0 Å². The standard InChI is InChI=1S/C15H20Br2N4/c1-4-11-15(17)14(21(3)20-11)8-13(18-5-2)12-7-6-10(16)9-19-12/h6-7,9,13,18H,4-5,8H2,1-3H3. The van der Waals surface area contributed by atoms with Crippen LogP contribution in [-0.4, -0.2) is 21.3 Å². The highest BCUT2D eigenvalue weighted by Crippen LogP contribution is 2.26. The van der Waals surface area contributed by atoms with Gasteiger partial charge in [-0.2, -0.15) is 5.10 Å². The Morgan fingerprint density at radius 3 is 2.57 bits per heavy atom. The number of halogens is 2. The highest BCUT2D eigenvalue weighted by Gasteiger charge is 2.19. The highest BCUT2D eigenvalue weighted by molar-refractivity contribution is 9.10. The van der Waals surface area contributed by atoms with E-state index in [9.17, 15) is 0 Å². The molecular weight excluding hydrogens is 396 g/mol. The van der Waals surface area contributed by atoms with E-state index in [0.717, 1.165) is 39.7 Å². The van der Waals surface area contributed by atoms with E-state index in [4.69, 9.17) is 0 Å². The fourth-order valence-corrected chi connectivity index (χ4v) is 3.37. The predicted octanol–water partition coefficient (Wildman–Crippen LogP) is 3.80. The molecule has 21 heavy (non-hydrogen) atoms. The van der Waals surface area contributed by atoms with Crippen molar-refractivity contribution >= 4 is 31.9 Å². The lowest BCUT2D eigenvalue weighted by atomic mass is 10.1. The molecule has 4 nitrogen and oxygen atoms in total. The van der Waals surface area contributed by atoms with Crippen molar-refractivity contribution < 1.29 is 0 Å². The van der Waals surface area contributed by atoms with Gasteiger partial charge in [0.1, 0.15) is 0 Å². The molecule has 0 aromatic carbocycles. The Morgan fingerprint density at radius 2 is 2.05 bits per heavy atom. The molecular formula is C15H20Br2N4. The second-order valence-corrected chi connectivity index (χ2v) is 6.61. The van der Waals surface area contributed by atoms with E-state index in [-0.39, 0.29) is 6.04 Å². The summed E-state index contributed by atoms with van der Waals surface area (Å²) in [5.74, 6) is 0. The zero-order valence-electron chi connectivity index (χ0n) is 12.5. The van der Waals surface area contributed by atoms with Crippen LogP contribution in [0.5, 0.6) is 0 Å². The maximum Gasteiger partial charge on any atom is 0.0766 e. The van der Waals surface area contributed by atoms with Crippen LogP contribution in [0.4, 0.5) is 0 Å². The Bertz CT molecular complexity index is 592. The van der Waals surface area contributed by atoms with Gasteiger partial charge in [-0.1, -0.05) is 13.8 Å². The van der Waals surface area contributed by atoms with Crippen molar-refractivity contribution in [1.82, 2.24) is 20.1 Å². The summed E-state index contributed by atoms with van der Waals surface area (Å²) < 4.78 is 4.08. The van der Waals surface area contributed by atoms with Gasteiger partial charge in [0.15, 0.2) is 0 Å². The van der Waals surface area contributed by atoms with Gasteiger partial charge in [0.05, 0.1) is 27.6 Å². The van der Waals surface area contributed by atoms with Crippen molar-refractivity contribution in [2.75, 3.05) is 6.54 Å². The topological polar surface area (TPSA) is 42.7 Å². The Labute approximate surface area is 142 Å². The van der Waals surface area contributed by atoms with Crippen LogP contribution in [0.3, 0.4) is 0 Å². The first-order valence-electron chi connectivity index (χ1n) is 7.11. The third-order valence-corrected chi connectivity index (χ3v) is 4.84. The maximum atomic E-state index is 4.56. The van der Waals surface area contributed by atoms with Crippen molar-refractivity contribution in [2.24, 2.45) is 7.05 Å². The zero-order chi connectivity index (χ0) is 15.4. The van der Waals surface area contributed by atoms with Crippen LogP contribution in [0.15, 0.2) is 27.3 Å². The van der Waals surface area contributed by atoms with E-state index in [2.05, 4.69) is 67.2 Å². The van der Waals surface area contributed by atoms with Gasteiger partial charge in [0, 0.05) is 24.1 Å². The molecule has 0 radical (unpaired) electrons. The molecule has 2 aromatic rings. The number of likely N-dealkylation sites (N-methyl/N-ethyl adjacent to an activating group) is 1. The lowest BCUT2D eigenvalue weighted by molar-refractivity contribution is 0.516. The van der Waals surface area contributed by atoms with Crippen LogP contribution >= 0.6 is 31.9 Å². The molecule has 2 heterocycles. The second-order valence-electron chi connectivity index (χ2n) is 4.90. The van der Waals surface area contributed by atoms with Crippen molar-refractivity contribution in [1.29, 1.82) is 0 Å². The predicted molar refractivity (Wildman–Crippen MR) is 92.3 cm³/mol. The quantitative estimate of drug-likeness (QED) is 0.780. The highest BCUT2D eigenvalue weighted by atomic mass is 79.9. The van der Waals surface area contributed by atoms with Gasteiger partial charge in [-0.15, -0.1) is 0 Å². The zero-order valence-corrected chi connectivity index (χ0v) is 15.7. The molecule has 0 aliphatic carbocycles. The molecule has 6 heteroatoms. The smallest absolute Gasteiger partial charge is 0.0766 e. The van der Waals surface area contributed by atoms with Crippen LogP contribution in [0.1, 0.15) is 37.0 Å². The van der Waals surface area contributed by atoms with Crippen LogP contribution in [0, 0.1) is 0 Å². The van der Waals surface area contributed by atoms with Crippen LogP contribution in [0.2, 0.25) is 0 Å². The lowest BCUT2D eigenvalue weighted by Gasteiger charge is -2.18. The van der Waals surface area contributed by atoms with E-state index >= 15 is 0 Å². The minimum Gasteiger partial charge on any atom is -0.309 e. The first-order chi connectivity index (χ1) is 10.1. The van der Waals surface area contributed by atoms with Crippen LogP contribution in [-0.2, 0) is 19.9 Å². The molecule has 0 aliphatic rings. The molecule has 1 N–H and O–H groups in total. The Balaban J connectivity index is 2.28. The SMILES string of the molecule is CCNC(Cc1c(Br)c(CC)nn1C)c1ccc(Br)cn1. The van der Waals surface area contributed by atoms with Gasteiger partial charge in [-0.3, -0.25) is 9.67 Å². The van der Waals surface area contributed by atoms with Crippen molar-refractivity contribution in [3.05, 3.63) is 44.4 Å². The van der Waals surface area contributed by atoms with Crippen LogP contribution in [0.25, 0.3) is 0 Å². The molecule has 0 saturated heterocycles. The van der Waals surface area contributed by atoms with Gasteiger partial charge < -0.3 is 5.32 Å². The summed E-state index contributed by atoms with van der Waals surface area (Å²) in [5, 5.41) is 8.07. The van der Waals surface area contributed by atoms with E-state index in [1.165, 1.54) is 5.69 Å². The Hall–Kier alpha value is -0.720. The maximum absolute atomic E-state index is 4.56. The first kappa shape index (κ1) is 16.6. The summed E-state index contributed by atoms with van der Waals surface area (Å²) >= 11 is 7.12. The van der Waals surface area contributed by atoms with E-state index in [0.29, 0.717) is 0 Å². The molecule has 0 aliphatic heterocycles. The number of hydrogen-bond donors (Lipinski definition) is 1. The number of aryl methyl sites for hydroxylation is 2. The first-order valence-corrected chi connectivity index (χ1v) is 8.70. The number of rotatable bonds is 6. The average Bonchev–Trinajstić information content (AvgIpc) is 2.75. The van der Waals surface area contributed by atoms with Gasteiger partial charge in [0.25, 0.3) is 0 Å². The Morgan fingerprint density at radius 1 is 1.29 bits per heavy atom. The molecule has 2 aromatic heterocycles. The number of aromatic nitrogens is 3. The largest absolute Gasteiger partial charge is 0.309 e. The summed E-state index contributed by atoms with van der Waals surface area (Å²) in [4.78, 5) is 4.53. The van der Waals surface area contributed by atoms with E-state index in [1.807, 2.05) is 24.0 Å². The lowest BCUT2D eigenvalue weighted by Crippen LogP contribution is -2.24.